The van der Waals surface area contributed by atoms with Crippen LogP contribution in [0.3, 0.4) is 0 Å². The van der Waals surface area contributed by atoms with Gasteiger partial charge in [0.2, 0.25) is 0 Å². The number of carbonyl (C=O) groups is 1. The maximum Gasteiger partial charge on any atom is 0.394 e. The predicted molar refractivity (Wildman–Crippen MR) is 22.7 cm³/mol. The van der Waals surface area contributed by atoms with Crippen molar-refractivity contribution < 1.29 is 20.6 Å². The Morgan fingerprint density at radius 3 is 1.88 bits per heavy atom. The van der Waals surface area contributed by atoms with Crippen molar-refractivity contribution in [2.75, 3.05) is 0 Å². The molecule has 0 fully saturated rings. The van der Waals surface area contributed by atoms with Crippen molar-refractivity contribution in [1.29, 1.82) is 0 Å². The van der Waals surface area contributed by atoms with Crippen molar-refractivity contribution in [3.8, 4) is 0 Å². The maximum atomic E-state index is 10.9. The minimum atomic E-state index is -5.57. The first kappa shape index (κ1) is 7.61. The second kappa shape index (κ2) is 2.25. The lowest BCUT2D eigenvalue weighted by atomic mass is 10.9. The molecule has 0 rings (SSSR count). The van der Waals surface area contributed by atoms with Crippen LogP contribution in [0, 0.1) is 0 Å². The van der Waals surface area contributed by atoms with Crippen molar-refractivity contribution >= 4 is 17.4 Å². The molecule has 0 saturated carbocycles. The second-order valence-corrected chi connectivity index (χ2v) is 1.83. The van der Waals surface area contributed by atoms with E-state index in [2.05, 4.69) is 4.18 Å². The van der Waals surface area contributed by atoms with Crippen LogP contribution in [-0.2, 0) is 8.98 Å². The zero-order valence-corrected chi connectivity index (χ0v) is 4.68. The van der Waals surface area contributed by atoms with Crippen molar-refractivity contribution in [2.45, 2.75) is 6.92 Å². The normalized spacial score (nSPS) is 13.0. The van der Waals surface area contributed by atoms with Crippen molar-refractivity contribution in [2.24, 2.45) is 0 Å². The molecule has 0 saturated heterocycles. The van der Waals surface area contributed by atoms with E-state index < -0.39 is 17.4 Å². The molecule has 0 unspecified atom stereocenters. The Hall–Kier alpha value is -0.390. The third-order valence-electron chi connectivity index (χ3n) is 0.212. The monoisotopic (exact) mass is 148 g/mol. The highest BCUT2D eigenvalue weighted by Crippen LogP contribution is 2.54. The Morgan fingerprint density at radius 2 is 1.88 bits per heavy atom. The van der Waals surface area contributed by atoms with Crippen molar-refractivity contribution in [3.05, 3.63) is 0 Å². The van der Waals surface area contributed by atoms with E-state index in [1.54, 1.807) is 0 Å². The van der Waals surface area contributed by atoms with Crippen LogP contribution in [0.2, 0.25) is 0 Å². The number of hydrogen-bond donors (Lipinski definition) is 0. The average Bonchev–Trinajstić information content (AvgIpc) is 1.21. The summed E-state index contributed by atoms with van der Waals surface area (Å²) in [6.07, 6.45) is 0. The Morgan fingerprint density at radius 1 is 1.50 bits per heavy atom. The molecule has 0 spiro atoms. The topological polar surface area (TPSA) is 26.3 Å². The molecule has 2 nitrogen and oxygen atoms in total. The van der Waals surface area contributed by atoms with Gasteiger partial charge in [-0.1, -0.05) is 11.7 Å². The van der Waals surface area contributed by atoms with Crippen LogP contribution in [0.15, 0.2) is 0 Å². The van der Waals surface area contributed by atoms with Crippen LogP contribution < -0.4 is 0 Å². The highest BCUT2D eigenvalue weighted by atomic mass is 32.4. The molecule has 0 aromatic rings. The van der Waals surface area contributed by atoms with Gasteiger partial charge in [0.1, 0.15) is 0 Å². The summed E-state index contributed by atoms with van der Waals surface area (Å²) in [5.41, 5.74) is 0. The Balaban J connectivity index is 3.55. The van der Waals surface area contributed by atoms with Gasteiger partial charge in [-0.25, -0.2) is 0 Å². The van der Waals surface area contributed by atoms with E-state index in [4.69, 9.17) is 0 Å². The van der Waals surface area contributed by atoms with Crippen LogP contribution in [-0.4, -0.2) is 5.97 Å². The van der Waals surface area contributed by atoms with Gasteiger partial charge in [0.05, 0.1) is 0 Å². The van der Waals surface area contributed by atoms with E-state index >= 15 is 0 Å². The van der Waals surface area contributed by atoms with E-state index in [1.807, 2.05) is 0 Å². The summed E-state index contributed by atoms with van der Waals surface area (Å²) in [5, 5.41) is 0. The molecule has 8 heavy (non-hydrogen) atoms. The van der Waals surface area contributed by atoms with E-state index in [0.717, 1.165) is 0 Å². The average molecular weight is 148 g/mol. The number of halogens is 3. The Bertz CT molecular complexity index is 97.9. The molecule has 0 radical (unpaired) electrons. The fourth-order valence-corrected chi connectivity index (χ4v) is 0.399. The molecule has 0 aliphatic carbocycles. The van der Waals surface area contributed by atoms with Crippen LogP contribution >= 0.6 is 11.5 Å². The predicted octanol–water partition coefficient (Wildman–Crippen LogP) is 1.92. The first-order chi connectivity index (χ1) is 3.42. The largest absolute Gasteiger partial charge is 0.394 e. The van der Waals surface area contributed by atoms with Gasteiger partial charge < -0.3 is 4.18 Å². The van der Waals surface area contributed by atoms with Gasteiger partial charge in [0, 0.05) is 6.92 Å². The highest BCUT2D eigenvalue weighted by molar-refractivity contribution is 8.16. The molecular formula is C2H3F3O2S. The quantitative estimate of drug-likeness (QED) is 0.567. The third-order valence-corrected chi connectivity index (χ3v) is 0.636. The standard InChI is InChI=1S/C2H3F3O2S/c1-2(6)7-8(3,4)5/h1H3. The Kier molecular flexibility index (Phi) is 2.14. The summed E-state index contributed by atoms with van der Waals surface area (Å²) >= 11 is -5.57. The minimum absolute atomic E-state index is 0.709. The summed E-state index contributed by atoms with van der Waals surface area (Å²) < 4.78 is 35.7. The molecule has 0 bridgehead atoms. The van der Waals surface area contributed by atoms with E-state index in [1.165, 1.54) is 0 Å². The van der Waals surface area contributed by atoms with Crippen LogP contribution in [0.4, 0.5) is 11.7 Å². The zero-order chi connectivity index (χ0) is 6.78. The van der Waals surface area contributed by atoms with Crippen molar-refractivity contribution in [1.82, 2.24) is 0 Å². The van der Waals surface area contributed by atoms with Gasteiger partial charge in [-0.2, -0.15) is 0 Å². The second-order valence-electron chi connectivity index (χ2n) is 0.939. The molecule has 0 heterocycles. The molecule has 0 aliphatic heterocycles. The van der Waals surface area contributed by atoms with E-state index in [-0.39, 0.29) is 0 Å². The Labute approximate surface area is 46.0 Å². The molecule has 0 aromatic carbocycles. The number of carbonyl (C=O) groups excluding carboxylic acids is 1. The lowest BCUT2D eigenvalue weighted by Gasteiger charge is -2.05. The van der Waals surface area contributed by atoms with Gasteiger partial charge in [-0.05, 0) is 0 Å². The molecule has 0 amide bonds. The lowest BCUT2D eigenvalue weighted by molar-refractivity contribution is -0.131. The fourth-order valence-electron chi connectivity index (χ4n) is 0.133. The summed E-state index contributed by atoms with van der Waals surface area (Å²) in [6.45, 7) is 0.709. The van der Waals surface area contributed by atoms with Gasteiger partial charge in [-0.3, -0.25) is 4.79 Å². The number of hydrogen-bond acceptors (Lipinski definition) is 2. The molecule has 0 N–H and O–H groups in total. The lowest BCUT2D eigenvalue weighted by Crippen LogP contribution is -1.94. The molecular weight excluding hydrogens is 145 g/mol. The number of rotatable bonds is 1. The summed E-state index contributed by atoms with van der Waals surface area (Å²) in [7, 11) is 0. The summed E-state index contributed by atoms with van der Waals surface area (Å²) in [5.74, 6) is -1.31. The first-order valence-electron chi connectivity index (χ1n) is 1.54. The van der Waals surface area contributed by atoms with Crippen molar-refractivity contribution in [3.63, 3.8) is 0 Å². The third kappa shape index (κ3) is 5.61. The van der Waals surface area contributed by atoms with Gasteiger partial charge >= 0.3 is 17.4 Å². The molecule has 0 aliphatic rings. The summed E-state index contributed by atoms with van der Waals surface area (Å²) in [4.78, 5) is 9.54. The molecule has 0 atom stereocenters. The zero-order valence-electron chi connectivity index (χ0n) is 3.86. The smallest absolute Gasteiger partial charge is 0.337 e. The molecule has 6 heteroatoms. The SMILES string of the molecule is CC(=O)OS(F)(F)F. The fraction of sp³-hybridized carbons (Fsp3) is 0.500. The van der Waals surface area contributed by atoms with E-state index in [9.17, 15) is 16.5 Å². The minimum Gasteiger partial charge on any atom is -0.337 e. The van der Waals surface area contributed by atoms with Crippen LogP contribution in [0.5, 0.6) is 0 Å². The maximum absolute atomic E-state index is 10.9. The molecule has 50 valence electrons. The first-order valence-corrected chi connectivity index (χ1v) is 2.80. The van der Waals surface area contributed by atoms with Crippen LogP contribution in [0.1, 0.15) is 6.92 Å². The summed E-state index contributed by atoms with van der Waals surface area (Å²) in [6, 6.07) is 0. The highest BCUT2D eigenvalue weighted by Gasteiger charge is 2.24. The van der Waals surface area contributed by atoms with Gasteiger partial charge in [0.25, 0.3) is 0 Å². The van der Waals surface area contributed by atoms with Crippen LogP contribution in [0.25, 0.3) is 0 Å². The van der Waals surface area contributed by atoms with Gasteiger partial charge in [-0.15, -0.1) is 0 Å². The van der Waals surface area contributed by atoms with E-state index in [0.29, 0.717) is 6.92 Å². The molecule has 0 aromatic heterocycles. The van der Waals surface area contributed by atoms with Gasteiger partial charge in [0.15, 0.2) is 0 Å².